The number of carbonyl (C=O) groups is 7. The van der Waals surface area contributed by atoms with Crippen molar-refractivity contribution in [1.29, 1.82) is 0 Å². The van der Waals surface area contributed by atoms with Crippen LogP contribution < -0.4 is 5.32 Å². The van der Waals surface area contributed by atoms with E-state index in [9.17, 15) is 38.7 Å². The first-order valence-electron chi connectivity index (χ1n) is 14.8. The molecule has 2 rings (SSSR count). The Kier molecular flexibility index (Phi) is 15.5. The fourth-order valence-electron chi connectivity index (χ4n) is 5.07. The average Bonchev–Trinajstić information content (AvgIpc) is 3.02. The summed E-state index contributed by atoms with van der Waals surface area (Å²) in [6.45, 7) is 5.55. The van der Waals surface area contributed by atoms with E-state index < -0.39 is 102 Å². The van der Waals surface area contributed by atoms with Crippen LogP contribution in [0.2, 0.25) is 0 Å². The number of carbonyl (C=O) groups excluding carboxylic acids is 6. The molecule has 9 atom stereocenters. The van der Waals surface area contributed by atoms with Crippen LogP contribution >= 0.6 is 11.8 Å². The molecular formula is C30H38N4O15S. The molecule has 20 heteroatoms. The van der Waals surface area contributed by atoms with Gasteiger partial charge in [-0.25, -0.2) is 4.79 Å². The van der Waals surface area contributed by atoms with Crippen molar-refractivity contribution < 1.29 is 71.8 Å². The van der Waals surface area contributed by atoms with Gasteiger partial charge in [-0.2, -0.15) is 0 Å². The Labute approximate surface area is 290 Å². The number of carboxylic acids is 1. The van der Waals surface area contributed by atoms with E-state index in [0.29, 0.717) is 4.90 Å². The summed E-state index contributed by atoms with van der Waals surface area (Å²) in [6.07, 6.45) is -8.77. The minimum Gasteiger partial charge on any atom is -0.481 e. The zero-order chi connectivity index (χ0) is 37.8. The molecule has 50 heavy (non-hydrogen) atoms. The SMILES string of the molecule is COC(=O)[C@]1(O[C@H](C)[C@H](N=[N+]=[N-])C(=O)O)O[C@@H]([C@H](OC(C)=O)[C@@H](COC(C)=O)OC(C)=O)[C@H](NC(C)=O)[C@@H](OC(C)=O)[C@@H]1Sc1ccccc1. The summed E-state index contributed by atoms with van der Waals surface area (Å²) in [5, 5.41) is 14.1. The molecule has 0 bridgehead atoms. The van der Waals surface area contributed by atoms with Crippen molar-refractivity contribution in [3.63, 3.8) is 0 Å². The Morgan fingerprint density at radius 2 is 1.62 bits per heavy atom. The molecular weight excluding hydrogens is 688 g/mol. The van der Waals surface area contributed by atoms with Crippen LogP contribution in [0, 0.1) is 0 Å². The highest BCUT2D eigenvalue weighted by Crippen LogP contribution is 2.46. The van der Waals surface area contributed by atoms with E-state index in [1.54, 1.807) is 30.3 Å². The summed E-state index contributed by atoms with van der Waals surface area (Å²) in [5.41, 5.74) is 9.08. The molecule has 1 aliphatic rings. The van der Waals surface area contributed by atoms with Gasteiger partial charge in [0.15, 0.2) is 18.2 Å². The van der Waals surface area contributed by atoms with Crippen molar-refractivity contribution in [2.24, 2.45) is 5.11 Å². The molecule has 1 aliphatic heterocycles. The third kappa shape index (κ3) is 11.1. The molecule has 274 valence electrons. The Morgan fingerprint density at radius 1 is 1.00 bits per heavy atom. The maximum Gasteiger partial charge on any atom is 0.368 e. The molecule has 1 heterocycles. The fourth-order valence-corrected chi connectivity index (χ4v) is 6.39. The lowest BCUT2D eigenvalue weighted by atomic mass is 9.87. The minimum absolute atomic E-state index is 0.428. The number of nitrogens with zero attached hydrogens (tertiary/aromatic N) is 3. The van der Waals surface area contributed by atoms with Crippen molar-refractivity contribution >= 4 is 53.5 Å². The second-order valence-electron chi connectivity index (χ2n) is 10.7. The summed E-state index contributed by atoms with van der Waals surface area (Å²) in [4.78, 5) is 91.2. The van der Waals surface area contributed by atoms with E-state index in [2.05, 4.69) is 15.3 Å². The molecule has 0 radical (unpaired) electrons. The molecule has 0 unspecified atom stereocenters. The van der Waals surface area contributed by atoms with Crippen molar-refractivity contribution in [2.75, 3.05) is 13.7 Å². The monoisotopic (exact) mass is 726 g/mol. The summed E-state index contributed by atoms with van der Waals surface area (Å²) < 4.78 is 39.3. The van der Waals surface area contributed by atoms with Crippen LogP contribution in [0.4, 0.5) is 0 Å². The number of rotatable bonds is 16. The molecule has 19 nitrogen and oxygen atoms in total. The van der Waals surface area contributed by atoms with Gasteiger partial charge in [0.1, 0.15) is 24.1 Å². The first kappa shape index (κ1) is 41.3. The number of amides is 1. The van der Waals surface area contributed by atoms with Crippen LogP contribution in [0.25, 0.3) is 10.4 Å². The summed E-state index contributed by atoms with van der Waals surface area (Å²) >= 11 is 0.840. The molecule has 2 N–H and O–H groups in total. The number of ether oxygens (including phenoxy) is 7. The largest absolute Gasteiger partial charge is 0.481 e. The first-order valence-corrected chi connectivity index (χ1v) is 15.7. The number of esters is 5. The van der Waals surface area contributed by atoms with Crippen molar-refractivity contribution in [3.8, 4) is 0 Å². The van der Waals surface area contributed by atoms with E-state index in [-0.39, 0.29) is 0 Å². The quantitative estimate of drug-likeness (QED) is 0.0802. The normalized spacial score (nSPS) is 23.7. The van der Waals surface area contributed by atoms with Gasteiger partial charge in [0.05, 0.1) is 19.3 Å². The van der Waals surface area contributed by atoms with E-state index in [1.165, 1.54) is 0 Å². The van der Waals surface area contributed by atoms with Crippen LogP contribution in [0.1, 0.15) is 41.5 Å². The minimum atomic E-state index is -2.84. The van der Waals surface area contributed by atoms with Gasteiger partial charge in [-0.1, -0.05) is 23.3 Å². The standard InChI is InChI=1S/C30H38N4O15S/c1-14(22(28(40)41)33-34-31)48-30(29(42)43-7)27(50-20-11-9-8-10-12-20)26(47-19(6)39)23(32-15(2)35)25(49-30)24(46-18(5)38)21(45-17(4)37)13-44-16(3)36/h8-12,14,21-27H,13H2,1-7H3,(H,32,35)(H,40,41)/t14-,21-,22+,23+,24-,25-,26-,27+,30-/m1/s1. The van der Waals surface area contributed by atoms with Gasteiger partial charge in [-0.05, 0) is 24.6 Å². The molecule has 1 amide bonds. The molecule has 1 aromatic carbocycles. The zero-order valence-electron chi connectivity index (χ0n) is 28.1. The number of azide groups is 1. The predicted molar refractivity (Wildman–Crippen MR) is 168 cm³/mol. The van der Waals surface area contributed by atoms with Crippen LogP contribution in [-0.4, -0.2) is 114 Å². The van der Waals surface area contributed by atoms with Crippen molar-refractivity contribution in [3.05, 3.63) is 40.8 Å². The smallest absolute Gasteiger partial charge is 0.368 e. The molecule has 0 spiro atoms. The Hall–Kier alpha value is -4.91. The highest BCUT2D eigenvalue weighted by atomic mass is 32.2. The van der Waals surface area contributed by atoms with Crippen LogP contribution in [0.15, 0.2) is 40.3 Å². The van der Waals surface area contributed by atoms with Crippen LogP contribution in [-0.2, 0) is 66.7 Å². The van der Waals surface area contributed by atoms with Crippen LogP contribution in [0.5, 0.6) is 0 Å². The number of methoxy groups -OCH3 is 1. The summed E-state index contributed by atoms with van der Waals surface area (Å²) in [5.74, 6) is -10.3. The maximum absolute atomic E-state index is 14.1. The molecule has 0 saturated carbocycles. The third-order valence-corrected chi connectivity index (χ3v) is 8.21. The Morgan fingerprint density at radius 3 is 2.10 bits per heavy atom. The van der Waals surface area contributed by atoms with E-state index in [0.717, 1.165) is 60.4 Å². The number of hydrogen-bond acceptors (Lipinski definition) is 16. The average molecular weight is 727 g/mol. The fraction of sp³-hybridized carbons (Fsp3) is 0.567. The first-order chi connectivity index (χ1) is 23.5. The van der Waals surface area contributed by atoms with Gasteiger partial charge in [0.25, 0.3) is 5.79 Å². The Balaban J connectivity index is 3.07. The number of aliphatic carboxylic acids is 1. The molecule has 0 aromatic heterocycles. The Bertz CT molecular complexity index is 1470. The van der Waals surface area contributed by atoms with Gasteiger partial charge in [-0.3, -0.25) is 28.8 Å². The predicted octanol–water partition coefficient (Wildman–Crippen LogP) is 1.45. The molecule has 1 aromatic rings. The zero-order valence-corrected chi connectivity index (χ0v) is 28.9. The van der Waals surface area contributed by atoms with Gasteiger partial charge in [0, 0.05) is 44.4 Å². The van der Waals surface area contributed by atoms with Crippen LogP contribution in [0.3, 0.4) is 0 Å². The number of nitrogens with one attached hydrogen (secondary N) is 1. The highest BCUT2D eigenvalue weighted by molar-refractivity contribution is 8.00. The number of benzene rings is 1. The molecule has 1 saturated heterocycles. The number of thioether (sulfide) groups is 1. The van der Waals surface area contributed by atoms with Gasteiger partial charge in [-0.15, -0.1) is 11.8 Å². The van der Waals surface area contributed by atoms with E-state index in [4.69, 9.17) is 38.7 Å². The summed E-state index contributed by atoms with van der Waals surface area (Å²) in [7, 11) is 0.940. The maximum atomic E-state index is 14.1. The van der Waals surface area contributed by atoms with Gasteiger partial charge < -0.3 is 43.6 Å². The lowest BCUT2D eigenvalue weighted by Gasteiger charge is -2.52. The molecule has 1 fully saturated rings. The topological polar surface area (TPSA) is 265 Å². The van der Waals surface area contributed by atoms with E-state index >= 15 is 0 Å². The van der Waals surface area contributed by atoms with Crippen molar-refractivity contribution in [1.82, 2.24) is 5.32 Å². The molecule has 0 aliphatic carbocycles. The lowest BCUT2D eigenvalue weighted by molar-refractivity contribution is -0.321. The van der Waals surface area contributed by atoms with Crippen molar-refractivity contribution in [2.45, 2.75) is 100 Å². The second kappa shape index (κ2) is 18.7. The summed E-state index contributed by atoms with van der Waals surface area (Å²) in [6, 6.07) is 4.67. The third-order valence-electron chi connectivity index (χ3n) is 6.84. The van der Waals surface area contributed by atoms with E-state index in [1.807, 2.05) is 0 Å². The second-order valence-corrected chi connectivity index (χ2v) is 11.9. The lowest BCUT2D eigenvalue weighted by Crippen LogP contribution is -2.75. The number of carboxylic acid groups (broad SMARTS) is 1. The van der Waals surface area contributed by atoms with Gasteiger partial charge in [0.2, 0.25) is 5.91 Å². The highest BCUT2D eigenvalue weighted by Gasteiger charge is 2.66. The van der Waals surface area contributed by atoms with Gasteiger partial charge >= 0.3 is 35.8 Å². The number of hydrogen-bond donors (Lipinski definition) is 2.